The molecule has 0 saturated carbocycles. The average Bonchev–Trinajstić information content (AvgIpc) is 3.42. The van der Waals surface area contributed by atoms with Crippen molar-refractivity contribution in [2.45, 2.75) is 13.0 Å². The van der Waals surface area contributed by atoms with Gasteiger partial charge < -0.3 is 14.8 Å². The van der Waals surface area contributed by atoms with Crippen molar-refractivity contribution in [3.63, 3.8) is 0 Å². The van der Waals surface area contributed by atoms with Crippen molar-refractivity contribution in [2.24, 2.45) is 0 Å². The highest BCUT2D eigenvalue weighted by molar-refractivity contribution is 7.09. The topological polar surface area (TPSA) is 82.1 Å². The van der Waals surface area contributed by atoms with Crippen molar-refractivity contribution in [3.8, 4) is 22.8 Å². The van der Waals surface area contributed by atoms with E-state index >= 15 is 0 Å². The number of nitrogens with one attached hydrogen (secondary N) is 1. The largest absolute Gasteiger partial charge is 0.454 e. The van der Waals surface area contributed by atoms with Gasteiger partial charge in [-0.1, -0.05) is 30.3 Å². The van der Waals surface area contributed by atoms with E-state index in [1.54, 1.807) is 17.5 Å². The lowest BCUT2D eigenvalue weighted by Crippen LogP contribution is -2.05. The van der Waals surface area contributed by atoms with Gasteiger partial charge in [0.2, 0.25) is 12.7 Å². The monoisotopic (exact) mass is 403 g/mol. The first-order valence-electron chi connectivity index (χ1n) is 9.14. The number of anilines is 1. The molecule has 7 nitrogen and oxygen atoms in total. The van der Waals surface area contributed by atoms with Gasteiger partial charge in [-0.2, -0.15) is 5.10 Å². The fourth-order valence-electron chi connectivity index (χ4n) is 3.02. The van der Waals surface area contributed by atoms with Gasteiger partial charge in [-0.15, -0.1) is 16.4 Å². The second-order valence-electron chi connectivity index (χ2n) is 6.48. The summed E-state index contributed by atoms with van der Waals surface area (Å²) in [4.78, 5) is 9.24. The zero-order valence-electron chi connectivity index (χ0n) is 15.4. The molecule has 0 saturated heterocycles. The van der Waals surface area contributed by atoms with Crippen molar-refractivity contribution in [1.82, 2.24) is 20.2 Å². The molecule has 5 rings (SSSR count). The molecule has 2 aromatic heterocycles. The number of rotatable bonds is 6. The van der Waals surface area contributed by atoms with Gasteiger partial charge in [-0.3, -0.25) is 0 Å². The molecule has 4 aromatic rings. The quantitative estimate of drug-likeness (QED) is 0.522. The van der Waals surface area contributed by atoms with Gasteiger partial charge in [-0.25, -0.2) is 9.97 Å². The third-order valence-electron chi connectivity index (χ3n) is 4.45. The lowest BCUT2D eigenvalue weighted by Gasteiger charge is -2.05. The van der Waals surface area contributed by atoms with Crippen LogP contribution in [-0.4, -0.2) is 27.0 Å². The normalized spacial score (nSPS) is 12.1. The Morgan fingerprint density at radius 2 is 1.90 bits per heavy atom. The molecule has 1 aliphatic heterocycles. The summed E-state index contributed by atoms with van der Waals surface area (Å²) in [7, 11) is 0. The second kappa shape index (κ2) is 7.84. The molecule has 2 aromatic carbocycles. The van der Waals surface area contributed by atoms with Crippen LogP contribution in [0.25, 0.3) is 11.3 Å². The first kappa shape index (κ1) is 17.6. The van der Waals surface area contributed by atoms with Crippen molar-refractivity contribution >= 4 is 17.3 Å². The number of hydrogen-bond donors (Lipinski definition) is 1. The molecule has 0 atom stereocenters. The Morgan fingerprint density at radius 3 is 2.83 bits per heavy atom. The van der Waals surface area contributed by atoms with Crippen LogP contribution < -0.4 is 14.8 Å². The highest BCUT2D eigenvalue weighted by Gasteiger charge is 2.15. The highest BCUT2D eigenvalue weighted by Crippen LogP contribution is 2.35. The smallest absolute Gasteiger partial charge is 0.243 e. The van der Waals surface area contributed by atoms with Gasteiger partial charge in [-0.05, 0) is 23.8 Å². The molecule has 144 valence electrons. The van der Waals surface area contributed by atoms with Gasteiger partial charge in [0.25, 0.3) is 0 Å². The number of nitrogens with zero attached hydrogens (tertiary/aromatic N) is 4. The van der Waals surface area contributed by atoms with Crippen LogP contribution in [0, 0.1) is 0 Å². The Bertz CT molecular complexity index is 1130. The molecule has 0 bridgehead atoms. The van der Waals surface area contributed by atoms with Gasteiger partial charge >= 0.3 is 0 Å². The van der Waals surface area contributed by atoms with Gasteiger partial charge in [0.1, 0.15) is 0 Å². The minimum absolute atomic E-state index is 0.244. The number of hydrogen-bond acceptors (Lipinski definition) is 8. The van der Waals surface area contributed by atoms with Crippen LogP contribution in [0.2, 0.25) is 0 Å². The molecule has 0 amide bonds. The molecule has 0 spiro atoms. The van der Waals surface area contributed by atoms with Crippen molar-refractivity contribution in [1.29, 1.82) is 0 Å². The fourth-order valence-corrected chi connectivity index (χ4v) is 3.85. The van der Waals surface area contributed by atoms with E-state index in [1.807, 2.05) is 36.4 Å². The molecular formula is C21H17N5O2S. The van der Waals surface area contributed by atoms with Crippen LogP contribution in [-0.2, 0) is 13.0 Å². The number of aromatic nitrogens is 4. The van der Waals surface area contributed by atoms with Crippen LogP contribution in [0.3, 0.4) is 0 Å². The maximum absolute atomic E-state index is 5.43. The molecule has 29 heavy (non-hydrogen) atoms. The lowest BCUT2D eigenvalue weighted by molar-refractivity contribution is 0.174. The standard InChI is InChI=1S/C21H17N5O2S/c1-2-4-14(5-3-1)8-20-24-16(12-29-20)10-22-21-25-17(11-23-26-21)15-6-7-18-19(9-15)28-13-27-18/h1-7,9,11-12H,8,10,13H2,(H,22,25,26). The highest BCUT2D eigenvalue weighted by atomic mass is 32.1. The maximum Gasteiger partial charge on any atom is 0.243 e. The fraction of sp³-hybridized carbons (Fsp3) is 0.143. The van der Waals surface area contributed by atoms with Crippen LogP contribution in [0.5, 0.6) is 11.5 Å². The van der Waals surface area contributed by atoms with Gasteiger partial charge in [0.05, 0.1) is 29.1 Å². The van der Waals surface area contributed by atoms with E-state index in [2.05, 4.69) is 38.0 Å². The van der Waals surface area contributed by atoms with Crippen LogP contribution >= 0.6 is 11.3 Å². The summed E-state index contributed by atoms with van der Waals surface area (Å²) in [6, 6.07) is 16.0. The zero-order chi connectivity index (χ0) is 19.5. The summed E-state index contributed by atoms with van der Waals surface area (Å²) in [5, 5.41) is 14.5. The molecule has 0 fully saturated rings. The van der Waals surface area contributed by atoms with Crippen molar-refractivity contribution in [3.05, 3.63) is 76.4 Å². The Kier molecular flexibility index (Phi) is 4.75. The minimum atomic E-state index is 0.244. The van der Waals surface area contributed by atoms with E-state index in [0.717, 1.165) is 28.4 Å². The summed E-state index contributed by atoms with van der Waals surface area (Å²) < 4.78 is 10.8. The first-order valence-corrected chi connectivity index (χ1v) is 10.0. The predicted octanol–water partition coefficient (Wildman–Crippen LogP) is 3.93. The SMILES string of the molecule is c1ccc(Cc2nc(CNc3nncc(-c4ccc5c(c4)OCO5)n3)cs2)cc1. The van der Waals surface area contributed by atoms with E-state index in [4.69, 9.17) is 14.5 Å². The third-order valence-corrected chi connectivity index (χ3v) is 5.35. The third kappa shape index (κ3) is 4.02. The Morgan fingerprint density at radius 1 is 1.00 bits per heavy atom. The van der Waals surface area contributed by atoms with E-state index < -0.39 is 0 Å². The molecule has 8 heteroatoms. The van der Waals surface area contributed by atoms with Crippen LogP contribution in [0.15, 0.2) is 60.1 Å². The molecule has 3 heterocycles. The Hall–Kier alpha value is -3.52. The number of thiazole rings is 1. The second-order valence-corrected chi connectivity index (χ2v) is 7.42. The number of benzene rings is 2. The van der Waals surface area contributed by atoms with E-state index in [1.165, 1.54) is 5.56 Å². The first-order chi connectivity index (χ1) is 14.3. The Balaban J connectivity index is 1.25. The van der Waals surface area contributed by atoms with E-state index in [-0.39, 0.29) is 6.79 Å². The predicted molar refractivity (Wildman–Crippen MR) is 110 cm³/mol. The minimum Gasteiger partial charge on any atom is -0.454 e. The van der Waals surface area contributed by atoms with Crippen molar-refractivity contribution in [2.75, 3.05) is 12.1 Å². The molecule has 1 aliphatic rings. The summed E-state index contributed by atoms with van der Waals surface area (Å²) in [6.07, 6.45) is 2.46. The number of fused-ring (bicyclic) bond motifs is 1. The van der Waals surface area contributed by atoms with E-state index in [9.17, 15) is 0 Å². The van der Waals surface area contributed by atoms with Crippen molar-refractivity contribution < 1.29 is 9.47 Å². The molecule has 0 unspecified atom stereocenters. The number of ether oxygens (including phenoxy) is 2. The maximum atomic E-state index is 5.43. The van der Waals surface area contributed by atoms with Gasteiger partial charge in [0.15, 0.2) is 11.5 Å². The lowest BCUT2D eigenvalue weighted by atomic mass is 10.1. The summed E-state index contributed by atoms with van der Waals surface area (Å²) >= 11 is 1.66. The average molecular weight is 403 g/mol. The summed E-state index contributed by atoms with van der Waals surface area (Å²) in [6.45, 7) is 0.783. The molecular weight excluding hydrogens is 386 g/mol. The zero-order valence-corrected chi connectivity index (χ0v) is 16.2. The van der Waals surface area contributed by atoms with Crippen LogP contribution in [0.1, 0.15) is 16.3 Å². The summed E-state index contributed by atoms with van der Waals surface area (Å²) in [5.41, 5.74) is 3.82. The molecule has 0 aliphatic carbocycles. The Labute approximate surface area is 171 Å². The molecule has 0 radical (unpaired) electrons. The van der Waals surface area contributed by atoms with Gasteiger partial charge in [0, 0.05) is 17.4 Å². The van der Waals surface area contributed by atoms with Crippen LogP contribution in [0.4, 0.5) is 5.95 Å². The summed E-state index contributed by atoms with van der Waals surface area (Å²) in [5.74, 6) is 1.91. The van der Waals surface area contributed by atoms with E-state index in [0.29, 0.717) is 23.9 Å². The molecule has 1 N–H and O–H groups in total.